The van der Waals surface area contributed by atoms with Crippen LogP contribution in [0.5, 0.6) is 5.75 Å². The zero-order valence-electron chi connectivity index (χ0n) is 16.0. The molecular formula is C21H28N4O2. The number of hydrogen-bond donors (Lipinski definition) is 0. The lowest BCUT2D eigenvalue weighted by Gasteiger charge is -2.28. The van der Waals surface area contributed by atoms with Crippen molar-refractivity contribution in [3.8, 4) is 5.75 Å². The van der Waals surface area contributed by atoms with Gasteiger partial charge in [-0.1, -0.05) is 37.5 Å². The van der Waals surface area contributed by atoms with E-state index in [1.165, 1.54) is 19.3 Å². The van der Waals surface area contributed by atoms with E-state index >= 15 is 0 Å². The van der Waals surface area contributed by atoms with E-state index in [0.29, 0.717) is 24.9 Å². The molecule has 1 aliphatic heterocycles. The van der Waals surface area contributed by atoms with Gasteiger partial charge >= 0.3 is 0 Å². The van der Waals surface area contributed by atoms with Crippen LogP contribution in [0.1, 0.15) is 75.6 Å². The lowest BCUT2D eigenvalue weighted by molar-refractivity contribution is -0.129. The van der Waals surface area contributed by atoms with Gasteiger partial charge in [-0.2, -0.15) is 5.10 Å². The molecule has 1 saturated heterocycles. The van der Waals surface area contributed by atoms with Gasteiger partial charge in [-0.05, 0) is 38.3 Å². The molecule has 1 amide bonds. The number of para-hydroxylation sites is 1. The summed E-state index contributed by atoms with van der Waals surface area (Å²) in [4.78, 5) is 19.0. The number of likely N-dealkylation sites (tertiary alicyclic amines) is 1. The Balaban J connectivity index is 1.57. The minimum absolute atomic E-state index is 0.0418. The Hall–Kier alpha value is -2.37. The Morgan fingerprint density at radius 3 is 2.63 bits per heavy atom. The predicted molar refractivity (Wildman–Crippen MR) is 102 cm³/mol. The van der Waals surface area contributed by atoms with Crippen molar-refractivity contribution in [1.82, 2.24) is 19.7 Å². The molecule has 2 heterocycles. The van der Waals surface area contributed by atoms with Crippen LogP contribution in [-0.2, 0) is 11.4 Å². The maximum absolute atomic E-state index is 12.2. The molecule has 2 aliphatic rings. The zero-order chi connectivity index (χ0) is 18.6. The van der Waals surface area contributed by atoms with E-state index in [1.54, 1.807) is 0 Å². The zero-order valence-corrected chi connectivity index (χ0v) is 16.0. The highest BCUT2D eigenvalue weighted by Gasteiger charge is 2.31. The van der Waals surface area contributed by atoms with Crippen molar-refractivity contribution in [3.05, 3.63) is 42.0 Å². The predicted octanol–water partition coefficient (Wildman–Crippen LogP) is 4.05. The second kappa shape index (κ2) is 8.11. The fourth-order valence-corrected chi connectivity index (χ4v) is 4.20. The summed E-state index contributed by atoms with van der Waals surface area (Å²) < 4.78 is 7.95. The van der Waals surface area contributed by atoms with E-state index in [4.69, 9.17) is 14.8 Å². The molecule has 144 valence electrons. The Labute approximate surface area is 160 Å². The minimum Gasteiger partial charge on any atom is -0.486 e. The van der Waals surface area contributed by atoms with Crippen LogP contribution in [0.15, 0.2) is 30.3 Å². The van der Waals surface area contributed by atoms with E-state index in [2.05, 4.69) is 11.6 Å². The number of carbonyl (C=O) groups excluding carboxylic acids is 1. The lowest BCUT2D eigenvalue weighted by atomic mass is 9.95. The quantitative estimate of drug-likeness (QED) is 0.772. The highest BCUT2D eigenvalue weighted by atomic mass is 16.5. The molecule has 1 aromatic heterocycles. The summed E-state index contributed by atoms with van der Waals surface area (Å²) in [6.45, 7) is 3.24. The summed E-state index contributed by atoms with van der Waals surface area (Å²) in [6, 6.07) is 10.1. The molecule has 2 aromatic rings. The van der Waals surface area contributed by atoms with Crippen LogP contribution in [0, 0.1) is 0 Å². The second-order valence-electron chi connectivity index (χ2n) is 7.59. The number of carbonyl (C=O) groups is 1. The average Bonchev–Trinajstić information content (AvgIpc) is 3.34. The third kappa shape index (κ3) is 3.99. The van der Waals surface area contributed by atoms with Crippen molar-refractivity contribution < 1.29 is 9.53 Å². The van der Waals surface area contributed by atoms with Crippen LogP contribution in [0.2, 0.25) is 0 Å². The molecule has 0 radical (unpaired) electrons. The summed E-state index contributed by atoms with van der Waals surface area (Å²) in [5.74, 6) is 2.64. The van der Waals surface area contributed by atoms with Gasteiger partial charge < -0.3 is 9.64 Å². The first kappa shape index (κ1) is 18.0. The molecule has 2 fully saturated rings. The Morgan fingerprint density at radius 2 is 1.93 bits per heavy atom. The molecule has 6 nitrogen and oxygen atoms in total. The van der Waals surface area contributed by atoms with Crippen molar-refractivity contribution in [1.29, 1.82) is 0 Å². The summed E-state index contributed by atoms with van der Waals surface area (Å²) in [5.41, 5.74) is 0. The van der Waals surface area contributed by atoms with Gasteiger partial charge in [0.1, 0.15) is 18.2 Å². The first-order chi connectivity index (χ1) is 13.2. The van der Waals surface area contributed by atoms with Crippen molar-refractivity contribution in [3.63, 3.8) is 0 Å². The smallest absolute Gasteiger partial charge is 0.223 e. The summed E-state index contributed by atoms with van der Waals surface area (Å²) in [5, 5.41) is 4.81. The van der Waals surface area contributed by atoms with Crippen LogP contribution >= 0.6 is 0 Å². The molecule has 1 atom stereocenters. The SMILES string of the molecule is C[C@@H](c1nc(COc2ccccc2)nn1C1CCCCC1)N1CCCC1=O. The third-order valence-electron chi connectivity index (χ3n) is 5.68. The van der Waals surface area contributed by atoms with Gasteiger partial charge in [-0.15, -0.1) is 0 Å². The summed E-state index contributed by atoms with van der Waals surface area (Å²) in [7, 11) is 0. The molecule has 1 saturated carbocycles. The molecule has 1 aromatic carbocycles. The van der Waals surface area contributed by atoms with Crippen LogP contribution in [0.3, 0.4) is 0 Å². The normalized spacial score (nSPS) is 19.4. The van der Waals surface area contributed by atoms with Gasteiger partial charge in [0.25, 0.3) is 0 Å². The van der Waals surface area contributed by atoms with Crippen molar-refractivity contribution >= 4 is 5.91 Å². The number of hydrogen-bond acceptors (Lipinski definition) is 4. The highest BCUT2D eigenvalue weighted by molar-refractivity contribution is 5.78. The Bertz CT molecular complexity index is 768. The molecule has 1 aliphatic carbocycles. The van der Waals surface area contributed by atoms with Crippen molar-refractivity contribution in [2.75, 3.05) is 6.54 Å². The first-order valence-corrected chi connectivity index (χ1v) is 10.1. The van der Waals surface area contributed by atoms with Gasteiger partial charge in [0, 0.05) is 13.0 Å². The monoisotopic (exact) mass is 368 g/mol. The van der Waals surface area contributed by atoms with Crippen molar-refractivity contribution in [2.45, 2.75) is 70.6 Å². The molecular weight excluding hydrogens is 340 g/mol. The van der Waals surface area contributed by atoms with Crippen LogP contribution in [0.4, 0.5) is 0 Å². The maximum Gasteiger partial charge on any atom is 0.223 e. The third-order valence-corrected chi connectivity index (χ3v) is 5.68. The van der Waals surface area contributed by atoms with Gasteiger partial charge in [0.2, 0.25) is 5.91 Å². The van der Waals surface area contributed by atoms with Gasteiger partial charge in [0.05, 0.1) is 12.1 Å². The fraction of sp³-hybridized carbons (Fsp3) is 0.571. The van der Waals surface area contributed by atoms with Gasteiger partial charge in [-0.3, -0.25) is 4.79 Å². The van der Waals surface area contributed by atoms with Crippen LogP contribution in [0.25, 0.3) is 0 Å². The molecule has 0 N–H and O–H groups in total. The van der Waals surface area contributed by atoms with Gasteiger partial charge in [-0.25, -0.2) is 9.67 Å². The van der Waals surface area contributed by atoms with Crippen LogP contribution in [-0.4, -0.2) is 32.1 Å². The molecule has 4 rings (SSSR count). The highest BCUT2D eigenvalue weighted by Crippen LogP contribution is 2.32. The van der Waals surface area contributed by atoms with E-state index in [0.717, 1.165) is 37.4 Å². The molecule has 27 heavy (non-hydrogen) atoms. The minimum atomic E-state index is -0.0418. The lowest BCUT2D eigenvalue weighted by Crippen LogP contribution is -2.31. The number of nitrogens with zero attached hydrogens (tertiary/aromatic N) is 4. The largest absolute Gasteiger partial charge is 0.486 e. The first-order valence-electron chi connectivity index (χ1n) is 10.1. The molecule has 0 unspecified atom stereocenters. The number of amides is 1. The number of benzene rings is 1. The number of ether oxygens (including phenoxy) is 1. The van der Waals surface area contributed by atoms with Crippen LogP contribution < -0.4 is 4.74 Å². The maximum atomic E-state index is 12.2. The molecule has 6 heteroatoms. The molecule has 0 spiro atoms. The summed E-state index contributed by atoms with van der Waals surface area (Å²) in [6.07, 6.45) is 7.61. The Morgan fingerprint density at radius 1 is 1.15 bits per heavy atom. The van der Waals surface area contributed by atoms with E-state index in [9.17, 15) is 4.79 Å². The number of rotatable bonds is 6. The van der Waals surface area contributed by atoms with E-state index in [-0.39, 0.29) is 11.9 Å². The second-order valence-corrected chi connectivity index (χ2v) is 7.59. The number of aromatic nitrogens is 3. The fourth-order valence-electron chi connectivity index (χ4n) is 4.20. The van der Waals surface area contributed by atoms with E-state index in [1.807, 2.05) is 35.2 Å². The summed E-state index contributed by atoms with van der Waals surface area (Å²) >= 11 is 0. The average molecular weight is 368 g/mol. The topological polar surface area (TPSA) is 60.3 Å². The molecule has 0 bridgehead atoms. The Kier molecular flexibility index (Phi) is 5.41. The standard InChI is InChI=1S/C21H28N4O2/c1-16(24-14-8-13-20(24)26)21-22-19(15-27-18-11-6-3-7-12-18)23-25(21)17-9-4-2-5-10-17/h3,6-7,11-12,16-17H,2,4-5,8-10,13-15H2,1H3/t16-/m0/s1. The van der Waals surface area contributed by atoms with E-state index < -0.39 is 0 Å². The van der Waals surface area contributed by atoms with Gasteiger partial charge in [0.15, 0.2) is 5.82 Å². The van der Waals surface area contributed by atoms with Crippen molar-refractivity contribution in [2.24, 2.45) is 0 Å².